The van der Waals surface area contributed by atoms with Crippen molar-refractivity contribution >= 4 is 18.0 Å². The molecule has 0 atom stereocenters. The van der Waals surface area contributed by atoms with Crippen molar-refractivity contribution in [2.75, 3.05) is 14.2 Å². The van der Waals surface area contributed by atoms with Crippen molar-refractivity contribution in [3.63, 3.8) is 0 Å². The Balaban J connectivity index is 1.71. The highest BCUT2D eigenvalue weighted by Crippen LogP contribution is 2.27. The third-order valence-electron chi connectivity index (χ3n) is 3.45. The quantitative estimate of drug-likeness (QED) is 0.480. The fourth-order valence-electron chi connectivity index (χ4n) is 2.18. The zero-order chi connectivity index (χ0) is 17.5. The van der Waals surface area contributed by atoms with Crippen molar-refractivity contribution in [3.05, 3.63) is 66.0 Å². The SMILES string of the molecule is COc1ccc(/C=N\n2cnnc2SCc2ccccc2)cc1OC. The first-order valence-corrected chi connectivity index (χ1v) is 8.62. The van der Waals surface area contributed by atoms with Crippen LogP contribution in [0.3, 0.4) is 0 Å². The molecule has 0 amide bonds. The highest BCUT2D eigenvalue weighted by molar-refractivity contribution is 7.98. The summed E-state index contributed by atoms with van der Waals surface area (Å²) in [7, 11) is 3.22. The molecule has 3 rings (SSSR count). The van der Waals surface area contributed by atoms with Gasteiger partial charge in [-0.1, -0.05) is 42.1 Å². The zero-order valence-corrected chi connectivity index (χ0v) is 14.8. The fraction of sp³-hybridized carbons (Fsp3) is 0.167. The van der Waals surface area contributed by atoms with Gasteiger partial charge in [-0.3, -0.25) is 0 Å². The Morgan fingerprint density at radius 1 is 1.08 bits per heavy atom. The minimum absolute atomic E-state index is 0.661. The Kier molecular flexibility index (Phi) is 5.69. The summed E-state index contributed by atoms with van der Waals surface area (Å²) in [4.78, 5) is 0. The molecule has 1 heterocycles. The molecule has 1 aromatic heterocycles. The van der Waals surface area contributed by atoms with Gasteiger partial charge in [-0.25, -0.2) is 0 Å². The molecule has 0 saturated heterocycles. The van der Waals surface area contributed by atoms with Crippen LogP contribution in [-0.2, 0) is 5.75 Å². The van der Waals surface area contributed by atoms with Crippen molar-refractivity contribution in [1.82, 2.24) is 14.9 Å². The van der Waals surface area contributed by atoms with E-state index in [-0.39, 0.29) is 0 Å². The summed E-state index contributed by atoms with van der Waals surface area (Å²) < 4.78 is 12.2. The number of hydrogen-bond acceptors (Lipinski definition) is 6. The summed E-state index contributed by atoms with van der Waals surface area (Å²) in [5.74, 6) is 2.16. The molecule has 0 spiro atoms. The lowest BCUT2D eigenvalue weighted by atomic mass is 10.2. The van der Waals surface area contributed by atoms with Crippen molar-refractivity contribution in [3.8, 4) is 11.5 Å². The molecule has 0 unspecified atom stereocenters. The van der Waals surface area contributed by atoms with Gasteiger partial charge < -0.3 is 9.47 Å². The lowest BCUT2D eigenvalue weighted by Gasteiger charge is -2.07. The summed E-state index contributed by atoms with van der Waals surface area (Å²) in [6.07, 6.45) is 3.32. The van der Waals surface area contributed by atoms with Gasteiger partial charge in [-0.05, 0) is 29.3 Å². The number of nitrogens with zero attached hydrogens (tertiary/aromatic N) is 4. The molecule has 0 N–H and O–H groups in total. The molecule has 0 aliphatic rings. The first-order valence-electron chi connectivity index (χ1n) is 7.63. The van der Waals surface area contributed by atoms with E-state index < -0.39 is 0 Å². The molecule has 0 radical (unpaired) electrons. The van der Waals surface area contributed by atoms with E-state index in [0.717, 1.165) is 16.5 Å². The average molecular weight is 354 g/mol. The minimum atomic E-state index is 0.661. The number of thioether (sulfide) groups is 1. The molecular formula is C18H18N4O2S. The first kappa shape index (κ1) is 17.0. The van der Waals surface area contributed by atoms with Gasteiger partial charge in [0.25, 0.3) is 0 Å². The third-order valence-corrected chi connectivity index (χ3v) is 4.45. The van der Waals surface area contributed by atoms with Gasteiger partial charge in [-0.2, -0.15) is 9.78 Å². The molecule has 0 aliphatic carbocycles. The molecule has 0 saturated carbocycles. The van der Waals surface area contributed by atoms with Gasteiger partial charge >= 0.3 is 0 Å². The maximum absolute atomic E-state index is 5.30. The summed E-state index contributed by atoms with van der Waals surface area (Å²) in [5.41, 5.74) is 2.12. The lowest BCUT2D eigenvalue weighted by Crippen LogP contribution is -1.95. The number of ether oxygens (including phenoxy) is 2. The van der Waals surface area contributed by atoms with Crippen molar-refractivity contribution in [2.24, 2.45) is 5.10 Å². The van der Waals surface area contributed by atoms with E-state index in [2.05, 4.69) is 27.4 Å². The van der Waals surface area contributed by atoms with E-state index in [4.69, 9.17) is 9.47 Å². The maximum Gasteiger partial charge on any atom is 0.212 e. The summed E-state index contributed by atoms with van der Waals surface area (Å²) >= 11 is 1.59. The summed E-state index contributed by atoms with van der Waals surface area (Å²) in [6, 6.07) is 15.8. The van der Waals surface area contributed by atoms with E-state index in [0.29, 0.717) is 11.5 Å². The second-order valence-corrected chi connectivity index (χ2v) is 6.03. The van der Waals surface area contributed by atoms with E-state index in [1.165, 1.54) is 5.56 Å². The van der Waals surface area contributed by atoms with E-state index in [9.17, 15) is 0 Å². The van der Waals surface area contributed by atoms with Crippen LogP contribution < -0.4 is 9.47 Å². The van der Waals surface area contributed by atoms with Crippen molar-refractivity contribution in [1.29, 1.82) is 0 Å². The standard InChI is InChI=1S/C18H18N4O2S/c1-23-16-9-8-15(10-17(16)24-2)11-20-22-13-19-21-18(22)25-12-14-6-4-3-5-7-14/h3-11,13H,12H2,1-2H3/b20-11-. The topological polar surface area (TPSA) is 61.5 Å². The van der Waals surface area contributed by atoms with Crippen LogP contribution in [0.5, 0.6) is 11.5 Å². The summed E-state index contributed by atoms with van der Waals surface area (Å²) in [5, 5.41) is 13.2. The minimum Gasteiger partial charge on any atom is -0.493 e. The smallest absolute Gasteiger partial charge is 0.212 e. The second-order valence-electron chi connectivity index (χ2n) is 5.09. The molecular weight excluding hydrogens is 336 g/mol. The van der Waals surface area contributed by atoms with Crippen molar-refractivity contribution < 1.29 is 9.47 Å². The maximum atomic E-state index is 5.30. The normalized spacial score (nSPS) is 11.0. The number of hydrogen-bond donors (Lipinski definition) is 0. The fourth-order valence-corrected chi connectivity index (χ4v) is 3.00. The predicted octanol–water partition coefficient (Wildman–Crippen LogP) is 3.47. The van der Waals surface area contributed by atoms with Crippen LogP contribution >= 0.6 is 11.8 Å². The van der Waals surface area contributed by atoms with Gasteiger partial charge in [-0.15, -0.1) is 10.2 Å². The Morgan fingerprint density at radius 2 is 1.88 bits per heavy atom. The highest BCUT2D eigenvalue weighted by Gasteiger charge is 2.06. The molecule has 2 aromatic carbocycles. The van der Waals surface area contributed by atoms with E-state index in [1.54, 1.807) is 43.2 Å². The Labute approximate surface area is 150 Å². The van der Waals surface area contributed by atoms with Crippen LogP contribution in [0.15, 0.2) is 65.1 Å². The van der Waals surface area contributed by atoms with Crippen LogP contribution in [0.1, 0.15) is 11.1 Å². The Hall–Kier alpha value is -2.80. The molecule has 0 bridgehead atoms. The highest BCUT2D eigenvalue weighted by atomic mass is 32.2. The van der Waals surface area contributed by atoms with E-state index in [1.807, 2.05) is 36.4 Å². The Bertz CT molecular complexity index is 849. The number of benzene rings is 2. The lowest BCUT2D eigenvalue weighted by molar-refractivity contribution is 0.355. The van der Waals surface area contributed by atoms with E-state index >= 15 is 0 Å². The number of rotatable bonds is 7. The molecule has 0 aliphatic heterocycles. The van der Waals surface area contributed by atoms with Crippen molar-refractivity contribution in [2.45, 2.75) is 10.9 Å². The Morgan fingerprint density at radius 3 is 2.64 bits per heavy atom. The predicted molar refractivity (Wildman–Crippen MR) is 98.6 cm³/mol. The van der Waals surface area contributed by atoms with Crippen LogP contribution in [0.4, 0.5) is 0 Å². The zero-order valence-electron chi connectivity index (χ0n) is 14.0. The third kappa shape index (κ3) is 4.39. The largest absolute Gasteiger partial charge is 0.493 e. The van der Waals surface area contributed by atoms with Crippen LogP contribution in [0.2, 0.25) is 0 Å². The van der Waals surface area contributed by atoms with Crippen LogP contribution in [0.25, 0.3) is 0 Å². The van der Waals surface area contributed by atoms with Crippen LogP contribution in [-0.4, -0.2) is 35.3 Å². The molecule has 0 fully saturated rings. The first-order chi connectivity index (χ1) is 12.3. The molecule has 128 valence electrons. The molecule has 6 nitrogen and oxygen atoms in total. The van der Waals surface area contributed by atoms with Gasteiger partial charge in [0.15, 0.2) is 11.5 Å². The van der Waals surface area contributed by atoms with Gasteiger partial charge in [0.05, 0.1) is 20.4 Å². The summed E-state index contributed by atoms with van der Waals surface area (Å²) in [6.45, 7) is 0. The average Bonchev–Trinajstić information content (AvgIpc) is 3.12. The number of aromatic nitrogens is 3. The molecule has 3 aromatic rings. The monoisotopic (exact) mass is 354 g/mol. The van der Waals surface area contributed by atoms with Gasteiger partial charge in [0, 0.05) is 5.75 Å². The number of methoxy groups -OCH3 is 2. The molecule has 25 heavy (non-hydrogen) atoms. The van der Waals surface area contributed by atoms with Gasteiger partial charge in [0.2, 0.25) is 5.16 Å². The van der Waals surface area contributed by atoms with Gasteiger partial charge in [0.1, 0.15) is 6.33 Å². The molecule has 7 heteroatoms. The van der Waals surface area contributed by atoms with Crippen LogP contribution in [0, 0.1) is 0 Å². The second kappa shape index (κ2) is 8.34.